The Balaban J connectivity index is 1.84. The summed E-state index contributed by atoms with van der Waals surface area (Å²) in [5, 5.41) is 17.6. The minimum Gasteiger partial charge on any atom is -0.390 e. The highest BCUT2D eigenvalue weighted by molar-refractivity contribution is 6.76. The fourth-order valence-electron chi connectivity index (χ4n) is 3.45. The first kappa shape index (κ1) is 23.5. The van der Waals surface area contributed by atoms with E-state index in [2.05, 4.69) is 40.0 Å². The Morgan fingerprint density at radius 2 is 1.94 bits per heavy atom. The second-order valence-electron chi connectivity index (χ2n) is 8.88. The molecule has 1 aliphatic rings. The Kier molecular flexibility index (Phi) is 6.62. The molecule has 0 aliphatic carbocycles. The number of benzene rings is 1. The fourth-order valence-corrected chi connectivity index (χ4v) is 4.37. The number of rotatable bonds is 7. The number of aromatic nitrogens is 3. The lowest BCUT2D eigenvalue weighted by molar-refractivity contribution is 0.0791. The first-order valence-corrected chi connectivity index (χ1v) is 14.5. The van der Waals surface area contributed by atoms with Crippen molar-refractivity contribution in [3.8, 4) is 11.3 Å². The second-order valence-corrected chi connectivity index (χ2v) is 14.9. The molecular formula is C22H24ClF2N5O2Si. The van der Waals surface area contributed by atoms with E-state index in [0.717, 1.165) is 18.2 Å². The van der Waals surface area contributed by atoms with E-state index in [1.165, 1.54) is 12.3 Å². The van der Waals surface area contributed by atoms with E-state index in [4.69, 9.17) is 16.3 Å². The number of nitrogens with zero attached hydrogens (tertiary/aromatic N) is 4. The summed E-state index contributed by atoms with van der Waals surface area (Å²) >= 11 is 6.17. The zero-order valence-corrected chi connectivity index (χ0v) is 20.2. The molecule has 0 fully saturated rings. The zero-order chi connectivity index (χ0) is 23.8. The van der Waals surface area contributed by atoms with Crippen LogP contribution in [0.5, 0.6) is 0 Å². The van der Waals surface area contributed by atoms with E-state index in [1.807, 2.05) is 0 Å². The number of hydrogen-bond acceptors (Lipinski definition) is 6. The summed E-state index contributed by atoms with van der Waals surface area (Å²) in [6.07, 6.45) is 1.46. The molecule has 0 atom stereocenters. The summed E-state index contributed by atoms with van der Waals surface area (Å²) < 4.78 is 36.6. The van der Waals surface area contributed by atoms with Gasteiger partial charge in [-0.1, -0.05) is 37.3 Å². The molecule has 1 aliphatic heterocycles. The Morgan fingerprint density at radius 1 is 1.21 bits per heavy atom. The molecule has 4 rings (SSSR count). The SMILES string of the molecule is C[Si](C)(C)CCOCn1nc(CO)c2c1-c1cc(Cl)ncc1NC(c1c(F)cccc1F)=N2. The van der Waals surface area contributed by atoms with Crippen LogP contribution in [0.25, 0.3) is 11.3 Å². The third kappa shape index (κ3) is 4.98. The predicted octanol–water partition coefficient (Wildman–Crippen LogP) is 5.19. The van der Waals surface area contributed by atoms with E-state index in [0.29, 0.717) is 23.6 Å². The minimum atomic E-state index is -1.28. The summed E-state index contributed by atoms with van der Waals surface area (Å²) in [5.74, 6) is -1.62. The van der Waals surface area contributed by atoms with Crippen molar-refractivity contribution in [3.63, 3.8) is 0 Å². The fraction of sp³-hybridized carbons (Fsp3) is 0.318. The van der Waals surface area contributed by atoms with Crippen LogP contribution in [-0.2, 0) is 18.1 Å². The molecule has 33 heavy (non-hydrogen) atoms. The van der Waals surface area contributed by atoms with Crippen LogP contribution in [0.2, 0.25) is 30.8 Å². The average molecular weight is 492 g/mol. The molecule has 2 N–H and O–H groups in total. The van der Waals surface area contributed by atoms with Gasteiger partial charge in [0.15, 0.2) is 0 Å². The number of aliphatic imine (C=N–C) groups is 1. The monoisotopic (exact) mass is 491 g/mol. The normalized spacial score (nSPS) is 13.1. The number of nitrogens with one attached hydrogen (secondary N) is 1. The molecule has 11 heteroatoms. The molecule has 2 aromatic heterocycles. The number of hydrogen-bond donors (Lipinski definition) is 2. The topological polar surface area (TPSA) is 84.6 Å². The summed E-state index contributed by atoms with van der Waals surface area (Å²) in [6, 6.07) is 6.17. The van der Waals surface area contributed by atoms with Crippen molar-refractivity contribution >= 4 is 36.9 Å². The van der Waals surface area contributed by atoms with E-state index >= 15 is 0 Å². The van der Waals surface area contributed by atoms with Gasteiger partial charge in [-0.2, -0.15) is 5.10 Å². The van der Waals surface area contributed by atoms with Gasteiger partial charge in [-0.25, -0.2) is 23.4 Å². The lowest BCUT2D eigenvalue weighted by Gasteiger charge is -2.16. The lowest BCUT2D eigenvalue weighted by atomic mass is 10.1. The smallest absolute Gasteiger partial charge is 0.144 e. The summed E-state index contributed by atoms with van der Waals surface area (Å²) in [4.78, 5) is 8.59. The van der Waals surface area contributed by atoms with Crippen molar-refractivity contribution in [1.29, 1.82) is 0 Å². The van der Waals surface area contributed by atoms with Gasteiger partial charge < -0.3 is 15.2 Å². The highest BCUT2D eigenvalue weighted by atomic mass is 35.5. The van der Waals surface area contributed by atoms with E-state index in [9.17, 15) is 13.9 Å². The van der Waals surface area contributed by atoms with Crippen LogP contribution in [0, 0.1) is 11.6 Å². The average Bonchev–Trinajstić information content (AvgIpc) is 2.99. The van der Waals surface area contributed by atoms with Gasteiger partial charge in [0.1, 0.15) is 40.7 Å². The molecule has 0 bridgehead atoms. The number of fused-ring (bicyclic) bond motifs is 3. The molecule has 0 radical (unpaired) electrons. The number of anilines is 1. The Labute approximate surface area is 196 Å². The quantitative estimate of drug-likeness (QED) is 0.270. The molecule has 0 spiro atoms. The molecule has 1 aromatic carbocycles. The number of amidine groups is 1. The van der Waals surface area contributed by atoms with Crippen molar-refractivity contribution in [2.24, 2.45) is 4.99 Å². The van der Waals surface area contributed by atoms with Crippen LogP contribution >= 0.6 is 11.6 Å². The predicted molar refractivity (Wildman–Crippen MR) is 127 cm³/mol. The summed E-state index contributed by atoms with van der Waals surface area (Å²) in [5.41, 5.74) is 1.71. The first-order chi connectivity index (χ1) is 15.7. The number of ether oxygens (including phenoxy) is 1. The van der Waals surface area contributed by atoms with Crippen molar-refractivity contribution in [1.82, 2.24) is 14.8 Å². The number of aliphatic hydroxyl groups excluding tert-OH is 1. The number of aliphatic hydroxyl groups is 1. The van der Waals surface area contributed by atoms with Gasteiger partial charge >= 0.3 is 0 Å². The van der Waals surface area contributed by atoms with Crippen LogP contribution in [0.15, 0.2) is 35.5 Å². The second kappa shape index (κ2) is 9.30. The van der Waals surface area contributed by atoms with Crippen LogP contribution < -0.4 is 5.32 Å². The Bertz CT molecular complexity index is 1210. The molecule has 174 valence electrons. The van der Waals surface area contributed by atoms with Crippen molar-refractivity contribution in [2.45, 2.75) is 39.0 Å². The molecule has 3 heterocycles. The maximum Gasteiger partial charge on any atom is 0.144 e. The molecule has 0 saturated carbocycles. The molecule has 3 aromatic rings. The lowest BCUT2D eigenvalue weighted by Crippen LogP contribution is -2.22. The zero-order valence-electron chi connectivity index (χ0n) is 18.5. The van der Waals surface area contributed by atoms with Gasteiger partial charge in [0.25, 0.3) is 0 Å². The van der Waals surface area contributed by atoms with E-state index in [-0.39, 0.29) is 34.7 Å². The molecule has 0 saturated heterocycles. The van der Waals surface area contributed by atoms with Crippen LogP contribution in [-0.4, -0.2) is 40.4 Å². The van der Waals surface area contributed by atoms with Gasteiger partial charge in [-0.3, -0.25) is 0 Å². The van der Waals surface area contributed by atoms with Gasteiger partial charge in [-0.05, 0) is 24.2 Å². The molecule has 0 amide bonds. The van der Waals surface area contributed by atoms with Crippen LogP contribution in [0.3, 0.4) is 0 Å². The summed E-state index contributed by atoms with van der Waals surface area (Å²) in [7, 11) is -1.28. The Hall–Kier alpha value is -2.66. The van der Waals surface area contributed by atoms with Gasteiger partial charge in [0.2, 0.25) is 0 Å². The van der Waals surface area contributed by atoms with Gasteiger partial charge in [0, 0.05) is 20.2 Å². The van der Waals surface area contributed by atoms with Gasteiger partial charge in [0.05, 0.1) is 29.7 Å². The maximum atomic E-state index is 14.6. The molecule has 7 nitrogen and oxygen atoms in total. The van der Waals surface area contributed by atoms with E-state index < -0.39 is 26.3 Å². The van der Waals surface area contributed by atoms with E-state index in [1.54, 1.807) is 10.7 Å². The summed E-state index contributed by atoms with van der Waals surface area (Å²) in [6.45, 7) is 7.04. The number of pyridine rings is 1. The first-order valence-electron chi connectivity index (χ1n) is 10.4. The highest BCUT2D eigenvalue weighted by Crippen LogP contribution is 2.41. The third-order valence-corrected chi connectivity index (χ3v) is 7.07. The maximum absolute atomic E-state index is 14.6. The third-order valence-electron chi connectivity index (χ3n) is 5.16. The standard InChI is InChI=1S/C22H24ClF2N5O2Si/c1-33(2,3)8-7-32-12-30-21-13-9-18(23)26-10-16(13)27-22(28-20(21)17(11-31)29-30)19-14(24)5-4-6-15(19)25/h4-6,9-10,31H,7-8,11-12H2,1-3H3,(H,27,28). The largest absolute Gasteiger partial charge is 0.390 e. The minimum absolute atomic E-state index is 0.0661. The molecular weight excluding hydrogens is 468 g/mol. The number of halogens is 3. The molecule has 0 unspecified atom stereocenters. The van der Waals surface area contributed by atoms with Crippen LogP contribution in [0.4, 0.5) is 20.2 Å². The van der Waals surface area contributed by atoms with Crippen molar-refractivity contribution in [3.05, 3.63) is 58.5 Å². The van der Waals surface area contributed by atoms with Crippen molar-refractivity contribution in [2.75, 3.05) is 11.9 Å². The van der Waals surface area contributed by atoms with Gasteiger partial charge in [-0.15, -0.1) is 0 Å². The van der Waals surface area contributed by atoms with Crippen molar-refractivity contribution < 1.29 is 18.6 Å². The Morgan fingerprint density at radius 3 is 2.61 bits per heavy atom. The highest BCUT2D eigenvalue weighted by Gasteiger charge is 2.28. The van der Waals surface area contributed by atoms with Crippen LogP contribution in [0.1, 0.15) is 11.3 Å².